The average molecular weight is 445 g/mol. The van der Waals surface area contributed by atoms with Gasteiger partial charge < -0.3 is 9.64 Å². The van der Waals surface area contributed by atoms with E-state index in [1.165, 1.54) is 29.8 Å². The van der Waals surface area contributed by atoms with Crippen LogP contribution in [0.5, 0.6) is 5.75 Å². The molecular formula is C26H28N4O3. The SMILES string of the molecule is COc1ccc(CN2C(=O)CCN(c3cncc4cc(N5CCCCC5)ccc34)C2=O)cc1. The summed E-state index contributed by atoms with van der Waals surface area (Å²) in [5, 5.41) is 1.97. The highest BCUT2D eigenvalue weighted by molar-refractivity contribution is 6.09. The first-order valence-corrected chi connectivity index (χ1v) is 11.5. The van der Waals surface area contributed by atoms with Gasteiger partial charge in [-0.3, -0.25) is 19.6 Å². The van der Waals surface area contributed by atoms with Crippen LogP contribution in [-0.4, -0.2) is 48.6 Å². The van der Waals surface area contributed by atoms with E-state index in [0.717, 1.165) is 40.9 Å². The number of imide groups is 1. The summed E-state index contributed by atoms with van der Waals surface area (Å²) in [7, 11) is 1.61. The van der Waals surface area contributed by atoms with Gasteiger partial charge >= 0.3 is 6.03 Å². The van der Waals surface area contributed by atoms with Gasteiger partial charge in [-0.25, -0.2) is 4.79 Å². The number of rotatable bonds is 5. The molecule has 2 aliphatic heterocycles. The number of carbonyl (C=O) groups is 2. The number of ether oxygens (including phenoxy) is 1. The molecule has 0 unspecified atom stereocenters. The third-order valence-electron chi connectivity index (χ3n) is 6.55. The number of hydrogen-bond donors (Lipinski definition) is 0. The first kappa shape index (κ1) is 21.2. The summed E-state index contributed by atoms with van der Waals surface area (Å²) in [4.78, 5) is 35.9. The van der Waals surface area contributed by atoms with Gasteiger partial charge in [0.25, 0.3) is 0 Å². The largest absolute Gasteiger partial charge is 0.497 e. The van der Waals surface area contributed by atoms with E-state index in [0.29, 0.717) is 6.54 Å². The van der Waals surface area contributed by atoms with Crippen LogP contribution in [0.2, 0.25) is 0 Å². The van der Waals surface area contributed by atoms with Crippen LogP contribution in [0.3, 0.4) is 0 Å². The maximum absolute atomic E-state index is 13.4. The fraction of sp³-hybridized carbons (Fsp3) is 0.346. The van der Waals surface area contributed by atoms with Crippen LogP contribution in [0.25, 0.3) is 10.8 Å². The van der Waals surface area contributed by atoms with Crippen molar-refractivity contribution in [1.82, 2.24) is 9.88 Å². The highest BCUT2D eigenvalue weighted by Gasteiger charge is 2.33. The number of urea groups is 1. The Kier molecular flexibility index (Phi) is 5.86. The maximum atomic E-state index is 13.4. The molecule has 2 aliphatic rings. The molecule has 3 amide bonds. The van der Waals surface area contributed by atoms with Crippen molar-refractivity contribution in [3.63, 3.8) is 0 Å². The Bertz CT molecular complexity index is 1170. The molecule has 33 heavy (non-hydrogen) atoms. The minimum atomic E-state index is -0.309. The molecular weight excluding hydrogens is 416 g/mol. The molecule has 5 rings (SSSR count). The highest BCUT2D eigenvalue weighted by atomic mass is 16.5. The summed E-state index contributed by atoms with van der Waals surface area (Å²) in [6.07, 6.45) is 7.58. The molecule has 0 N–H and O–H groups in total. The molecule has 0 saturated carbocycles. The van der Waals surface area contributed by atoms with Crippen LogP contribution in [0.15, 0.2) is 54.9 Å². The van der Waals surface area contributed by atoms with Gasteiger partial charge in [0, 0.05) is 48.7 Å². The third-order valence-corrected chi connectivity index (χ3v) is 6.55. The predicted molar refractivity (Wildman–Crippen MR) is 129 cm³/mol. The van der Waals surface area contributed by atoms with Crippen molar-refractivity contribution in [3.05, 3.63) is 60.4 Å². The molecule has 0 aliphatic carbocycles. The molecule has 3 heterocycles. The van der Waals surface area contributed by atoms with Gasteiger partial charge in [0.2, 0.25) is 5.91 Å². The van der Waals surface area contributed by atoms with Crippen molar-refractivity contribution in [3.8, 4) is 5.75 Å². The smallest absolute Gasteiger partial charge is 0.331 e. The minimum absolute atomic E-state index is 0.160. The van der Waals surface area contributed by atoms with Gasteiger partial charge in [0.15, 0.2) is 0 Å². The standard InChI is InChI=1S/C26H28N4O3/c1-33-22-8-5-19(6-9-22)18-30-25(31)11-14-29(26(30)32)24-17-27-16-20-15-21(7-10-23(20)24)28-12-3-2-4-13-28/h5-10,15-17H,2-4,11-14,18H2,1H3. The van der Waals surface area contributed by atoms with E-state index in [1.807, 2.05) is 30.5 Å². The summed E-state index contributed by atoms with van der Waals surface area (Å²) >= 11 is 0. The van der Waals surface area contributed by atoms with Crippen molar-refractivity contribution < 1.29 is 14.3 Å². The molecule has 0 radical (unpaired) electrons. The molecule has 7 nitrogen and oxygen atoms in total. The summed E-state index contributed by atoms with van der Waals surface area (Å²) in [6.45, 7) is 2.73. The predicted octanol–water partition coefficient (Wildman–Crippen LogP) is 4.59. The molecule has 0 bridgehead atoms. The zero-order chi connectivity index (χ0) is 22.8. The number of aromatic nitrogens is 1. The first-order chi connectivity index (χ1) is 16.1. The van der Waals surface area contributed by atoms with Crippen LogP contribution in [0, 0.1) is 0 Å². The number of nitrogens with zero attached hydrogens (tertiary/aromatic N) is 4. The normalized spacial score (nSPS) is 17.1. The Balaban J connectivity index is 1.42. The van der Waals surface area contributed by atoms with Crippen molar-refractivity contribution in [2.45, 2.75) is 32.2 Å². The van der Waals surface area contributed by atoms with Gasteiger partial charge in [-0.1, -0.05) is 18.2 Å². The Morgan fingerprint density at radius 3 is 2.48 bits per heavy atom. The number of amides is 3. The van der Waals surface area contributed by atoms with Gasteiger partial charge in [-0.05, 0) is 49.1 Å². The second kappa shape index (κ2) is 9.10. The molecule has 0 atom stereocenters. The van der Waals surface area contributed by atoms with Gasteiger partial charge in [-0.2, -0.15) is 0 Å². The second-order valence-corrected chi connectivity index (χ2v) is 8.62. The molecule has 1 aromatic heterocycles. The van der Waals surface area contributed by atoms with E-state index >= 15 is 0 Å². The molecule has 2 fully saturated rings. The van der Waals surface area contributed by atoms with Crippen molar-refractivity contribution in [2.24, 2.45) is 0 Å². The fourth-order valence-electron chi connectivity index (χ4n) is 4.70. The Morgan fingerprint density at radius 2 is 1.73 bits per heavy atom. The van der Waals surface area contributed by atoms with Crippen molar-refractivity contribution in [2.75, 3.05) is 36.5 Å². The van der Waals surface area contributed by atoms with E-state index in [4.69, 9.17) is 4.74 Å². The van der Waals surface area contributed by atoms with Crippen LogP contribution >= 0.6 is 0 Å². The van der Waals surface area contributed by atoms with E-state index in [9.17, 15) is 9.59 Å². The van der Waals surface area contributed by atoms with Crippen molar-refractivity contribution >= 4 is 34.1 Å². The summed E-state index contributed by atoms with van der Waals surface area (Å²) < 4.78 is 5.20. The highest BCUT2D eigenvalue weighted by Crippen LogP contribution is 2.32. The number of anilines is 2. The molecule has 7 heteroatoms. The number of hydrogen-bond acceptors (Lipinski definition) is 5. The van der Waals surface area contributed by atoms with E-state index in [2.05, 4.69) is 28.1 Å². The lowest BCUT2D eigenvalue weighted by Crippen LogP contribution is -2.52. The number of methoxy groups -OCH3 is 1. The second-order valence-electron chi connectivity index (χ2n) is 8.62. The zero-order valence-electron chi connectivity index (χ0n) is 18.9. The van der Waals surface area contributed by atoms with Crippen LogP contribution in [0.4, 0.5) is 16.2 Å². The first-order valence-electron chi connectivity index (χ1n) is 11.5. The minimum Gasteiger partial charge on any atom is -0.497 e. The summed E-state index contributed by atoms with van der Waals surface area (Å²) in [5.74, 6) is 0.579. The maximum Gasteiger partial charge on any atom is 0.331 e. The zero-order valence-corrected chi connectivity index (χ0v) is 18.9. The Morgan fingerprint density at radius 1 is 0.939 bits per heavy atom. The number of pyridine rings is 1. The lowest BCUT2D eigenvalue weighted by molar-refractivity contribution is -0.129. The average Bonchev–Trinajstić information content (AvgIpc) is 2.87. The van der Waals surface area contributed by atoms with Crippen LogP contribution < -0.4 is 14.5 Å². The van der Waals surface area contributed by atoms with Crippen LogP contribution in [-0.2, 0) is 11.3 Å². The van der Waals surface area contributed by atoms with Crippen molar-refractivity contribution in [1.29, 1.82) is 0 Å². The van der Waals surface area contributed by atoms with E-state index in [-0.39, 0.29) is 24.9 Å². The Hall–Kier alpha value is -3.61. The summed E-state index contributed by atoms with van der Waals surface area (Å²) in [5.41, 5.74) is 2.82. The number of benzene rings is 2. The molecule has 2 saturated heterocycles. The Labute approximate surface area is 193 Å². The lowest BCUT2D eigenvalue weighted by Gasteiger charge is -2.34. The third kappa shape index (κ3) is 4.23. The topological polar surface area (TPSA) is 66.0 Å². The monoisotopic (exact) mass is 444 g/mol. The summed E-state index contributed by atoms with van der Waals surface area (Å²) in [6, 6.07) is 13.5. The number of piperidine rings is 1. The molecule has 0 spiro atoms. The lowest BCUT2D eigenvalue weighted by atomic mass is 10.1. The molecule has 2 aromatic carbocycles. The number of carbonyl (C=O) groups excluding carboxylic acids is 2. The van der Waals surface area contributed by atoms with E-state index in [1.54, 1.807) is 18.2 Å². The van der Waals surface area contributed by atoms with Gasteiger partial charge in [0.1, 0.15) is 5.75 Å². The fourth-order valence-corrected chi connectivity index (χ4v) is 4.70. The molecule has 3 aromatic rings. The quantitative estimate of drug-likeness (QED) is 0.576. The van der Waals surface area contributed by atoms with Crippen LogP contribution in [0.1, 0.15) is 31.2 Å². The number of fused-ring (bicyclic) bond motifs is 1. The van der Waals surface area contributed by atoms with Gasteiger partial charge in [-0.15, -0.1) is 0 Å². The van der Waals surface area contributed by atoms with Gasteiger partial charge in [0.05, 0.1) is 25.5 Å². The van der Waals surface area contributed by atoms with E-state index < -0.39 is 0 Å². The molecule has 170 valence electrons.